The summed E-state index contributed by atoms with van der Waals surface area (Å²) in [7, 11) is 0. The number of hydrogen-bond donors (Lipinski definition) is 0. The van der Waals surface area contributed by atoms with E-state index in [1.54, 1.807) is 29.4 Å². The van der Waals surface area contributed by atoms with Gasteiger partial charge in [0.15, 0.2) is 6.61 Å². The molecule has 1 fully saturated rings. The van der Waals surface area contributed by atoms with Gasteiger partial charge in [0.1, 0.15) is 4.88 Å². The van der Waals surface area contributed by atoms with E-state index in [1.807, 2.05) is 4.90 Å². The molecule has 0 aromatic carbocycles. The van der Waals surface area contributed by atoms with Crippen LogP contribution in [0.15, 0.2) is 32.8 Å². The number of carbonyl (C=O) groups is 2. The van der Waals surface area contributed by atoms with Crippen LogP contribution in [-0.4, -0.2) is 59.5 Å². The highest BCUT2D eigenvalue weighted by molar-refractivity contribution is 9.13. The van der Waals surface area contributed by atoms with Gasteiger partial charge in [-0.2, -0.15) is 0 Å². The van der Waals surface area contributed by atoms with E-state index >= 15 is 0 Å². The summed E-state index contributed by atoms with van der Waals surface area (Å²) in [5, 5.41) is 0. The highest BCUT2D eigenvalue weighted by Crippen LogP contribution is 2.32. The molecule has 0 spiro atoms. The molecule has 2 aromatic heterocycles. The zero-order valence-corrected chi connectivity index (χ0v) is 17.0. The van der Waals surface area contributed by atoms with Crippen molar-refractivity contribution >= 4 is 61.0 Å². The standard InChI is InChI=1S/C15H14Br2N4O3S/c16-10-8-11(25-13(10)17)14(23)24-9-12(22)20-4-6-21(7-5-20)15-18-2-1-3-19-15/h1-3,8H,4-7,9H2. The summed E-state index contributed by atoms with van der Waals surface area (Å²) in [5.41, 5.74) is 0. The first-order valence-corrected chi connectivity index (χ1v) is 9.86. The van der Waals surface area contributed by atoms with Crippen LogP contribution in [0.5, 0.6) is 0 Å². The number of hydrogen-bond acceptors (Lipinski definition) is 7. The average molecular weight is 490 g/mol. The van der Waals surface area contributed by atoms with Crippen molar-refractivity contribution in [1.29, 1.82) is 0 Å². The topological polar surface area (TPSA) is 75.6 Å². The summed E-state index contributed by atoms with van der Waals surface area (Å²) < 4.78 is 6.72. The van der Waals surface area contributed by atoms with Crippen molar-refractivity contribution < 1.29 is 14.3 Å². The second-order valence-corrected chi connectivity index (χ2v) is 8.45. The average Bonchev–Trinajstić information content (AvgIpc) is 2.99. The van der Waals surface area contributed by atoms with E-state index in [2.05, 4.69) is 41.8 Å². The molecule has 1 aliphatic rings. The van der Waals surface area contributed by atoms with Crippen molar-refractivity contribution in [3.63, 3.8) is 0 Å². The van der Waals surface area contributed by atoms with Gasteiger partial charge in [-0.3, -0.25) is 4.79 Å². The number of halogens is 2. The van der Waals surface area contributed by atoms with Crippen LogP contribution in [0.1, 0.15) is 9.67 Å². The van der Waals surface area contributed by atoms with E-state index in [0.29, 0.717) is 37.0 Å². The maximum atomic E-state index is 12.2. The first-order chi connectivity index (χ1) is 12.0. The third-order valence-electron chi connectivity index (χ3n) is 3.64. The van der Waals surface area contributed by atoms with E-state index in [0.717, 1.165) is 8.26 Å². The number of amides is 1. The first-order valence-electron chi connectivity index (χ1n) is 7.46. The SMILES string of the molecule is O=C(OCC(=O)N1CCN(c2ncccn2)CC1)c1cc(Br)c(Br)s1. The Morgan fingerprint density at radius 3 is 2.44 bits per heavy atom. The van der Waals surface area contributed by atoms with Gasteiger partial charge >= 0.3 is 5.97 Å². The fourth-order valence-electron chi connectivity index (χ4n) is 2.35. The molecule has 0 atom stereocenters. The van der Waals surface area contributed by atoms with Crippen LogP contribution in [0, 0.1) is 0 Å². The van der Waals surface area contributed by atoms with Crippen molar-refractivity contribution in [3.05, 3.63) is 37.7 Å². The Morgan fingerprint density at radius 1 is 1.16 bits per heavy atom. The zero-order chi connectivity index (χ0) is 17.8. The third kappa shape index (κ3) is 4.56. The van der Waals surface area contributed by atoms with Gasteiger partial charge in [0, 0.05) is 43.0 Å². The van der Waals surface area contributed by atoms with Crippen LogP contribution in [0.4, 0.5) is 5.95 Å². The molecule has 132 valence electrons. The maximum Gasteiger partial charge on any atom is 0.348 e. The van der Waals surface area contributed by atoms with Gasteiger partial charge in [-0.1, -0.05) is 0 Å². The Balaban J connectivity index is 1.47. The molecule has 1 amide bonds. The van der Waals surface area contributed by atoms with E-state index in [1.165, 1.54) is 11.3 Å². The maximum absolute atomic E-state index is 12.2. The molecule has 1 aliphatic heterocycles. The lowest BCUT2D eigenvalue weighted by Crippen LogP contribution is -2.50. The van der Waals surface area contributed by atoms with Gasteiger partial charge in [-0.15, -0.1) is 11.3 Å². The number of nitrogens with zero attached hydrogens (tertiary/aromatic N) is 4. The molecule has 1 saturated heterocycles. The van der Waals surface area contributed by atoms with Gasteiger partial charge in [-0.05, 0) is 44.0 Å². The molecular formula is C15H14Br2N4O3S. The minimum atomic E-state index is -0.499. The van der Waals surface area contributed by atoms with E-state index < -0.39 is 5.97 Å². The highest BCUT2D eigenvalue weighted by atomic mass is 79.9. The Labute approximate surface area is 165 Å². The van der Waals surface area contributed by atoms with Gasteiger partial charge < -0.3 is 14.5 Å². The van der Waals surface area contributed by atoms with Gasteiger partial charge in [-0.25, -0.2) is 14.8 Å². The third-order valence-corrected chi connectivity index (χ3v) is 6.88. The van der Waals surface area contributed by atoms with Crippen molar-refractivity contribution in [2.45, 2.75) is 0 Å². The smallest absolute Gasteiger partial charge is 0.348 e. The van der Waals surface area contributed by atoms with E-state index in [4.69, 9.17) is 4.74 Å². The van der Waals surface area contributed by atoms with Crippen molar-refractivity contribution in [2.75, 3.05) is 37.7 Å². The molecule has 0 saturated carbocycles. The molecule has 7 nitrogen and oxygen atoms in total. The lowest BCUT2D eigenvalue weighted by Gasteiger charge is -2.34. The van der Waals surface area contributed by atoms with Crippen LogP contribution in [0.2, 0.25) is 0 Å². The Bertz CT molecular complexity index is 744. The number of piperazine rings is 1. The largest absolute Gasteiger partial charge is 0.451 e. The molecule has 0 bridgehead atoms. The molecule has 0 unspecified atom stereocenters. The number of aromatic nitrogens is 2. The van der Waals surface area contributed by atoms with Crippen LogP contribution in [0.25, 0.3) is 0 Å². The lowest BCUT2D eigenvalue weighted by molar-refractivity contribution is -0.134. The van der Waals surface area contributed by atoms with E-state index in [-0.39, 0.29) is 12.5 Å². The molecule has 10 heteroatoms. The van der Waals surface area contributed by atoms with Crippen LogP contribution < -0.4 is 4.90 Å². The molecule has 25 heavy (non-hydrogen) atoms. The molecule has 3 rings (SSSR count). The first kappa shape index (κ1) is 18.3. The number of thiophene rings is 1. The van der Waals surface area contributed by atoms with Crippen LogP contribution >= 0.6 is 43.2 Å². The Hall–Kier alpha value is -1.52. The molecule has 0 N–H and O–H groups in total. The Morgan fingerprint density at radius 2 is 1.84 bits per heavy atom. The predicted octanol–water partition coefficient (Wildman–Crippen LogP) is 2.57. The number of anilines is 1. The number of rotatable bonds is 4. The van der Waals surface area contributed by atoms with Crippen molar-refractivity contribution in [3.8, 4) is 0 Å². The van der Waals surface area contributed by atoms with Crippen molar-refractivity contribution in [2.24, 2.45) is 0 Å². The highest BCUT2D eigenvalue weighted by Gasteiger charge is 2.23. The minimum absolute atomic E-state index is 0.198. The summed E-state index contributed by atoms with van der Waals surface area (Å²) in [6.45, 7) is 2.13. The number of ether oxygens (including phenoxy) is 1. The summed E-state index contributed by atoms with van der Waals surface area (Å²) in [6, 6.07) is 3.43. The molecule has 2 aromatic rings. The number of carbonyl (C=O) groups excluding carboxylic acids is 2. The summed E-state index contributed by atoms with van der Waals surface area (Å²) in [6.07, 6.45) is 3.39. The van der Waals surface area contributed by atoms with Crippen molar-refractivity contribution in [1.82, 2.24) is 14.9 Å². The Kier molecular flexibility index (Phi) is 6.02. The molecular weight excluding hydrogens is 476 g/mol. The zero-order valence-electron chi connectivity index (χ0n) is 13.0. The number of esters is 1. The van der Waals surface area contributed by atoms with E-state index in [9.17, 15) is 9.59 Å². The molecule has 0 radical (unpaired) electrons. The monoisotopic (exact) mass is 488 g/mol. The normalized spacial score (nSPS) is 14.5. The second-order valence-electron chi connectivity index (χ2n) is 5.23. The van der Waals surface area contributed by atoms with Gasteiger partial charge in [0.05, 0.1) is 3.79 Å². The summed E-state index contributed by atoms with van der Waals surface area (Å²) in [5.74, 6) is -0.0346. The fourth-order valence-corrected chi connectivity index (χ4v) is 4.28. The quantitative estimate of drug-likeness (QED) is 0.614. The second kappa shape index (κ2) is 8.24. The molecule has 0 aliphatic carbocycles. The van der Waals surface area contributed by atoms with Gasteiger partial charge in [0.2, 0.25) is 5.95 Å². The summed E-state index contributed by atoms with van der Waals surface area (Å²) >= 11 is 7.90. The van der Waals surface area contributed by atoms with Gasteiger partial charge in [0.25, 0.3) is 5.91 Å². The van der Waals surface area contributed by atoms with Crippen LogP contribution in [-0.2, 0) is 9.53 Å². The van der Waals surface area contributed by atoms with Crippen LogP contribution in [0.3, 0.4) is 0 Å². The molecule has 3 heterocycles. The minimum Gasteiger partial charge on any atom is -0.451 e. The lowest BCUT2D eigenvalue weighted by atomic mass is 10.3. The summed E-state index contributed by atoms with van der Waals surface area (Å²) in [4.78, 5) is 36.8. The predicted molar refractivity (Wildman–Crippen MR) is 101 cm³/mol. The fraction of sp³-hybridized carbons (Fsp3) is 0.333.